The van der Waals surface area contributed by atoms with E-state index in [0.29, 0.717) is 37.2 Å². The highest BCUT2D eigenvalue weighted by Gasteiger charge is 2.38. The Bertz CT molecular complexity index is 2220. The lowest BCUT2D eigenvalue weighted by Gasteiger charge is -2.27. The summed E-state index contributed by atoms with van der Waals surface area (Å²) in [5.41, 5.74) is 4.79. The summed E-state index contributed by atoms with van der Waals surface area (Å²) in [7, 11) is 0. The van der Waals surface area contributed by atoms with Crippen molar-refractivity contribution in [1.82, 2.24) is 0 Å². The first-order valence-electron chi connectivity index (χ1n) is 15.2. The van der Waals surface area contributed by atoms with Gasteiger partial charge in [-0.3, -0.25) is 9.59 Å². The van der Waals surface area contributed by atoms with Crippen LogP contribution < -0.4 is 10.6 Å². The van der Waals surface area contributed by atoms with Crippen LogP contribution in [0.2, 0.25) is 0 Å². The Kier molecular flexibility index (Phi) is 8.59. The van der Waals surface area contributed by atoms with Gasteiger partial charge < -0.3 is 15.7 Å². The van der Waals surface area contributed by atoms with Crippen LogP contribution >= 0.6 is 23.5 Å². The lowest BCUT2D eigenvalue weighted by molar-refractivity contribution is 0.0692. The van der Waals surface area contributed by atoms with Crippen LogP contribution in [0.5, 0.6) is 0 Å². The molecule has 7 rings (SSSR count). The minimum atomic E-state index is -1.07. The summed E-state index contributed by atoms with van der Waals surface area (Å²) >= 11 is 2.61. The number of benzene rings is 6. The molecular weight excluding hydrogens is 637 g/mol. The van der Waals surface area contributed by atoms with Crippen molar-refractivity contribution in [2.75, 3.05) is 10.6 Å². The maximum atomic E-state index is 15.0. The van der Waals surface area contributed by atoms with Gasteiger partial charge >= 0.3 is 5.97 Å². The highest BCUT2D eigenvalue weighted by atomic mass is 32.2. The topological polar surface area (TPSA) is 95.5 Å². The van der Waals surface area contributed by atoms with Crippen LogP contribution in [-0.4, -0.2) is 22.6 Å². The van der Waals surface area contributed by atoms with Crippen molar-refractivity contribution in [2.24, 2.45) is 0 Å². The van der Waals surface area contributed by atoms with E-state index in [-0.39, 0.29) is 28.3 Å². The summed E-state index contributed by atoms with van der Waals surface area (Å²) in [5, 5.41) is 16.7. The molecule has 1 aliphatic carbocycles. The monoisotopic (exact) mass is 664 g/mol. The molecule has 0 bridgehead atoms. The van der Waals surface area contributed by atoms with Gasteiger partial charge in [-0.05, 0) is 79.2 Å². The van der Waals surface area contributed by atoms with Gasteiger partial charge in [0.25, 0.3) is 0 Å². The van der Waals surface area contributed by atoms with Gasteiger partial charge in [-0.1, -0.05) is 90.3 Å². The van der Waals surface area contributed by atoms with Crippen LogP contribution in [0.3, 0.4) is 0 Å². The molecule has 8 heteroatoms. The second-order valence-corrected chi connectivity index (χ2v) is 13.3. The second kappa shape index (κ2) is 13.3. The number of carboxylic acid groups (broad SMARTS) is 1. The molecule has 0 aromatic heterocycles. The zero-order valence-electron chi connectivity index (χ0n) is 25.7. The van der Waals surface area contributed by atoms with Gasteiger partial charge in [-0.25, -0.2) is 4.79 Å². The van der Waals surface area contributed by atoms with Crippen LogP contribution in [0.25, 0.3) is 0 Å². The lowest BCUT2D eigenvalue weighted by atomic mass is 9.82. The molecule has 6 aromatic rings. The van der Waals surface area contributed by atoms with E-state index < -0.39 is 5.97 Å². The third kappa shape index (κ3) is 5.99. The molecule has 6 nitrogen and oxygen atoms in total. The minimum Gasteiger partial charge on any atom is -0.478 e. The molecular formula is C40H28N2O4S2. The van der Waals surface area contributed by atoms with Gasteiger partial charge in [0, 0.05) is 42.1 Å². The van der Waals surface area contributed by atoms with Crippen molar-refractivity contribution in [1.29, 1.82) is 0 Å². The number of carboxylic acids is 1. The van der Waals surface area contributed by atoms with Crippen LogP contribution in [0.1, 0.15) is 47.8 Å². The summed E-state index contributed by atoms with van der Waals surface area (Å²) in [4.78, 5) is 44.7. The Hall–Kier alpha value is -5.57. The third-order valence-corrected chi connectivity index (χ3v) is 10.4. The normalized spacial score (nSPS) is 11.9. The first kappa shape index (κ1) is 31.1. The molecule has 0 saturated carbocycles. The number of carbonyl (C=O) groups excluding carboxylic acids is 2. The van der Waals surface area contributed by atoms with Crippen molar-refractivity contribution in [3.63, 3.8) is 0 Å². The number of nitrogens with one attached hydrogen (secondary N) is 2. The van der Waals surface area contributed by atoms with Gasteiger partial charge in [-0.2, -0.15) is 0 Å². The van der Waals surface area contributed by atoms with Crippen molar-refractivity contribution in [3.8, 4) is 0 Å². The van der Waals surface area contributed by atoms with Crippen LogP contribution in [0, 0.1) is 6.92 Å². The fraction of sp³-hybridized carbons (Fsp3) is 0.0250. The molecule has 6 aromatic carbocycles. The quantitative estimate of drug-likeness (QED) is 0.140. The predicted molar refractivity (Wildman–Crippen MR) is 192 cm³/mol. The SMILES string of the molecule is Cc1ccccc1Sc1ccc(Nc2ccccc2)c2c1C(=O)c1c(Sc3ccccc3C(=O)O)ccc(Nc3ccccc3)c1C2=O. The van der Waals surface area contributed by atoms with Gasteiger partial charge in [0.15, 0.2) is 11.6 Å². The van der Waals surface area contributed by atoms with E-state index in [1.165, 1.54) is 29.6 Å². The summed E-state index contributed by atoms with van der Waals surface area (Å²) < 4.78 is 0. The molecule has 0 fully saturated rings. The Morgan fingerprint density at radius 2 is 0.938 bits per heavy atom. The first-order valence-corrected chi connectivity index (χ1v) is 16.8. The number of hydrogen-bond acceptors (Lipinski definition) is 7. The number of aryl methyl sites for hydroxylation is 1. The van der Waals surface area contributed by atoms with Crippen LogP contribution in [0.15, 0.2) is 153 Å². The zero-order valence-corrected chi connectivity index (χ0v) is 27.3. The highest BCUT2D eigenvalue weighted by molar-refractivity contribution is 7.99. The number of para-hydroxylation sites is 2. The average Bonchev–Trinajstić information content (AvgIpc) is 3.10. The van der Waals surface area contributed by atoms with Crippen molar-refractivity contribution in [2.45, 2.75) is 26.5 Å². The van der Waals surface area contributed by atoms with Crippen molar-refractivity contribution in [3.05, 3.63) is 167 Å². The molecule has 0 heterocycles. The smallest absolute Gasteiger partial charge is 0.336 e. The number of carbonyl (C=O) groups is 3. The zero-order chi connectivity index (χ0) is 33.2. The van der Waals surface area contributed by atoms with Gasteiger partial charge in [-0.15, -0.1) is 0 Å². The fourth-order valence-electron chi connectivity index (χ4n) is 5.71. The van der Waals surface area contributed by atoms with E-state index in [1.54, 1.807) is 30.3 Å². The fourth-order valence-corrected chi connectivity index (χ4v) is 7.84. The van der Waals surface area contributed by atoms with Crippen molar-refractivity contribution < 1.29 is 19.5 Å². The molecule has 234 valence electrons. The molecule has 1 aliphatic rings. The minimum absolute atomic E-state index is 0.114. The summed E-state index contributed by atoms with van der Waals surface area (Å²) in [5.74, 6) is -1.69. The maximum Gasteiger partial charge on any atom is 0.336 e. The molecule has 0 unspecified atom stereocenters. The second-order valence-electron chi connectivity index (χ2n) is 11.1. The molecule has 3 N–H and O–H groups in total. The Morgan fingerprint density at radius 1 is 0.500 bits per heavy atom. The van der Waals surface area contributed by atoms with E-state index in [9.17, 15) is 14.7 Å². The summed E-state index contributed by atoms with van der Waals surface area (Å²) in [6.07, 6.45) is 0. The number of rotatable bonds is 9. The molecule has 0 radical (unpaired) electrons. The summed E-state index contributed by atoms with van der Waals surface area (Å²) in [6.45, 7) is 2.01. The van der Waals surface area contributed by atoms with E-state index in [4.69, 9.17) is 0 Å². The number of ketones is 2. The predicted octanol–water partition coefficient (Wildman–Crippen LogP) is 10.3. The number of anilines is 4. The van der Waals surface area contributed by atoms with Crippen LogP contribution in [0.4, 0.5) is 22.7 Å². The van der Waals surface area contributed by atoms with Gasteiger partial charge in [0.1, 0.15) is 0 Å². The van der Waals surface area contributed by atoms with Gasteiger partial charge in [0.05, 0.1) is 28.1 Å². The average molecular weight is 665 g/mol. The lowest BCUT2D eigenvalue weighted by Crippen LogP contribution is -2.25. The highest BCUT2D eigenvalue weighted by Crippen LogP contribution is 2.47. The van der Waals surface area contributed by atoms with Crippen LogP contribution in [-0.2, 0) is 0 Å². The van der Waals surface area contributed by atoms with E-state index in [1.807, 2.05) is 104 Å². The first-order chi connectivity index (χ1) is 23.4. The van der Waals surface area contributed by atoms with Gasteiger partial charge in [0.2, 0.25) is 0 Å². The van der Waals surface area contributed by atoms with E-state index in [2.05, 4.69) is 10.6 Å². The van der Waals surface area contributed by atoms with E-state index in [0.717, 1.165) is 21.8 Å². The molecule has 0 atom stereocenters. The Labute approximate surface area is 286 Å². The molecule has 0 saturated heterocycles. The third-order valence-electron chi connectivity index (χ3n) is 8.00. The molecule has 0 amide bonds. The maximum absolute atomic E-state index is 15.0. The van der Waals surface area contributed by atoms with Crippen molar-refractivity contribution >= 4 is 63.8 Å². The molecule has 0 spiro atoms. The standard InChI is InChI=1S/C40H28N2O4S2/c1-24-12-8-10-18-30(24)47-32-22-20-28(41-25-13-4-2-5-14-25)34-36(32)39(44)37-33(48-31-19-11-9-17-27(31)40(45)46)23-21-29(35(37)38(34)43)42-26-15-6-3-7-16-26/h2-23,41-42H,1H3,(H,45,46). The Morgan fingerprint density at radius 3 is 1.46 bits per heavy atom. The number of fused-ring (bicyclic) bond motifs is 2. The number of hydrogen-bond donors (Lipinski definition) is 3. The molecule has 48 heavy (non-hydrogen) atoms. The molecule has 0 aliphatic heterocycles. The summed E-state index contributed by atoms with van der Waals surface area (Å²) in [6, 6.07) is 40.9. The Balaban J connectivity index is 1.45. The largest absolute Gasteiger partial charge is 0.478 e. The van der Waals surface area contributed by atoms with E-state index >= 15 is 4.79 Å². The number of aromatic carboxylic acids is 1.